The van der Waals surface area contributed by atoms with Crippen LogP contribution >= 0.6 is 0 Å². The number of aliphatic hydroxyl groups is 1. The highest BCUT2D eigenvalue weighted by Crippen LogP contribution is 2.45. The molecule has 2 amide bonds. The van der Waals surface area contributed by atoms with Crippen LogP contribution in [0.5, 0.6) is 11.5 Å². The Hall–Kier alpha value is -5.14. The lowest BCUT2D eigenvalue weighted by molar-refractivity contribution is 0.148. The van der Waals surface area contributed by atoms with E-state index < -0.39 is 12.1 Å². The molecular formula is C37H33FN2O4. The van der Waals surface area contributed by atoms with Crippen LogP contribution in [-0.2, 0) is 0 Å². The number of aromatic hydroxyl groups is 2. The van der Waals surface area contributed by atoms with Crippen molar-refractivity contribution in [2.75, 3.05) is 11.9 Å². The normalized spacial score (nSPS) is 17.2. The number of phenols is 2. The molecule has 0 aliphatic carbocycles. The highest BCUT2D eigenvalue weighted by Gasteiger charge is 2.46. The van der Waals surface area contributed by atoms with Crippen LogP contribution in [0.3, 0.4) is 0 Å². The first-order chi connectivity index (χ1) is 21.3. The minimum absolute atomic E-state index is 0.0222. The molecule has 6 rings (SSSR count). The van der Waals surface area contributed by atoms with Gasteiger partial charge in [-0.1, -0.05) is 78.9 Å². The topological polar surface area (TPSA) is 84.2 Å². The van der Waals surface area contributed by atoms with Gasteiger partial charge in [-0.15, -0.1) is 0 Å². The zero-order valence-electron chi connectivity index (χ0n) is 24.2. The molecule has 1 saturated heterocycles. The maximum absolute atomic E-state index is 13.9. The van der Waals surface area contributed by atoms with E-state index in [1.165, 1.54) is 12.1 Å². The highest BCUT2D eigenvalue weighted by molar-refractivity contribution is 5.96. The molecule has 0 radical (unpaired) electrons. The molecule has 0 saturated carbocycles. The van der Waals surface area contributed by atoms with Crippen molar-refractivity contribution in [2.24, 2.45) is 0 Å². The van der Waals surface area contributed by atoms with Crippen molar-refractivity contribution in [1.82, 2.24) is 4.90 Å². The summed E-state index contributed by atoms with van der Waals surface area (Å²) in [4.78, 5) is 17.2. The monoisotopic (exact) mass is 588 g/mol. The van der Waals surface area contributed by atoms with Gasteiger partial charge in [0, 0.05) is 18.3 Å². The zero-order valence-corrected chi connectivity index (χ0v) is 24.2. The van der Waals surface area contributed by atoms with E-state index in [0.29, 0.717) is 29.7 Å². The molecule has 0 bridgehead atoms. The van der Waals surface area contributed by atoms with E-state index in [2.05, 4.69) is 0 Å². The molecule has 1 fully saturated rings. The van der Waals surface area contributed by atoms with Crippen molar-refractivity contribution in [3.8, 4) is 33.8 Å². The minimum atomic E-state index is -0.847. The van der Waals surface area contributed by atoms with Gasteiger partial charge in [-0.05, 0) is 83.1 Å². The smallest absolute Gasteiger partial charge is 0.325 e. The van der Waals surface area contributed by atoms with Crippen molar-refractivity contribution in [3.05, 3.63) is 138 Å². The third-order valence-corrected chi connectivity index (χ3v) is 8.42. The van der Waals surface area contributed by atoms with Gasteiger partial charge in [0.15, 0.2) is 0 Å². The fourth-order valence-electron chi connectivity index (χ4n) is 6.07. The van der Waals surface area contributed by atoms with Gasteiger partial charge in [-0.3, -0.25) is 4.90 Å². The molecule has 0 unspecified atom stereocenters. The first kappa shape index (κ1) is 29.0. The van der Waals surface area contributed by atoms with E-state index in [1.807, 2.05) is 72.8 Å². The van der Waals surface area contributed by atoms with Crippen LogP contribution in [0.1, 0.15) is 36.1 Å². The third-order valence-electron chi connectivity index (χ3n) is 8.42. The Labute approximate surface area is 255 Å². The van der Waals surface area contributed by atoms with Gasteiger partial charge in [-0.25, -0.2) is 9.18 Å². The summed E-state index contributed by atoms with van der Waals surface area (Å²) in [6.07, 6.45) is -0.0915. The summed E-state index contributed by atoms with van der Waals surface area (Å²) in [7, 11) is 1.74. The molecule has 5 aromatic rings. The summed E-state index contributed by atoms with van der Waals surface area (Å²) in [6, 6.07) is 34.5. The molecular weight excluding hydrogens is 555 g/mol. The maximum Gasteiger partial charge on any atom is 0.325 e. The van der Waals surface area contributed by atoms with Crippen molar-refractivity contribution >= 4 is 11.7 Å². The number of carbonyl (C=O) groups excluding carboxylic acids is 1. The number of aliphatic hydroxyl groups excluding tert-OH is 1. The van der Waals surface area contributed by atoms with Crippen molar-refractivity contribution in [1.29, 1.82) is 0 Å². The molecule has 0 aromatic heterocycles. The first-order valence-electron chi connectivity index (χ1n) is 14.6. The van der Waals surface area contributed by atoms with Gasteiger partial charge in [-0.2, -0.15) is 0 Å². The second kappa shape index (κ2) is 12.2. The van der Waals surface area contributed by atoms with Crippen LogP contribution < -0.4 is 4.90 Å². The lowest BCUT2D eigenvalue weighted by atomic mass is 9.91. The Bertz CT molecular complexity index is 1760. The van der Waals surface area contributed by atoms with Crippen LogP contribution in [0.25, 0.3) is 22.3 Å². The van der Waals surface area contributed by atoms with E-state index >= 15 is 0 Å². The second-order valence-corrected chi connectivity index (χ2v) is 11.2. The van der Waals surface area contributed by atoms with E-state index in [-0.39, 0.29) is 29.4 Å². The zero-order chi connectivity index (χ0) is 30.8. The lowest BCUT2D eigenvalue weighted by Crippen LogP contribution is -2.31. The first-order valence-corrected chi connectivity index (χ1v) is 14.6. The number of anilines is 1. The molecule has 6 nitrogen and oxygen atoms in total. The SMILES string of the molecule is CN1C(=O)N(c2ccc(-c3ccccc3)cc2)[C@H](c2ccc(-c3cccc(O)c3)cc2O)[C@H]1CC[C@H](O)c1ccc(F)cc1. The standard InChI is InChI=1S/C37H33FN2O4/c1-39-33(20-21-34(42)26-10-15-29(38)16-11-26)36(32-19-14-28(23-35(32)43)27-8-5-9-31(41)22-27)40(37(39)44)30-17-12-25(13-18-30)24-6-3-2-4-7-24/h2-19,22-23,33-34,36,41-43H,20-21H2,1H3/t33-,34+,36-/m1/s1. The average molecular weight is 589 g/mol. The number of hydrogen-bond donors (Lipinski definition) is 3. The summed E-state index contributed by atoms with van der Waals surface area (Å²) in [5.41, 5.74) is 5.41. The number of halogens is 1. The Morgan fingerprint density at radius 1 is 0.750 bits per heavy atom. The summed E-state index contributed by atoms with van der Waals surface area (Å²) in [5, 5.41) is 32.3. The van der Waals surface area contributed by atoms with E-state index in [9.17, 15) is 24.5 Å². The summed E-state index contributed by atoms with van der Waals surface area (Å²) in [6.45, 7) is 0. The number of likely N-dealkylation sites (N-methyl/N-ethyl adjacent to an activating group) is 1. The molecule has 222 valence electrons. The van der Waals surface area contributed by atoms with E-state index in [1.54, 1.807) is 53.2 Å². The fourth-order valence-corrected chi connectivity index (χ4v) is 6.07. The van der Waals surface area contributed by atoms with Crippen LogP contribution in [-0.4, -0.2) is 39.3 Å². The quantitative estimate of drug-likeness (QED) is 0.171. The predicted octanol–water partition coefficient (Wildman–Crippen LogP) is 8.07. The summed E-state index contributed by atoms with van der Waals surface area (Å²) in [5.74, 6) is -0.228. The number of urea groups is 1. The van der Waals surface area contributed by atoms with Crippen molar-refractivity contribution in [3.63, 3.8) is 0 Å². The number of nitrogens with zero attached hydrogens (tertiary/aromatic N) is 2. The van der Waals surface area contributed by atoms with Crippen molar-refractivity contribution in [2.45, 2.75) is 31.0 Å². The molecule has 7 heteroatoms. The largest absolute Gasteiger partial charge is 0.508 e. The number of benzene rings is 5. The highest BCUT2D eigenvalue weighted by atomic mass is 19.1. The average Bonchev–Trinajstić information content (AvgIpc) is 3.29. The Kier molecular flexibility index (Phi) is 8.05. The second-order valence-electron chi connectivity index (χ2n) is 11.2. The van der Waals surface area contributed by atoms with Gasteiger partial charge in [0.05, 0.1) is 18.2 Å². The number of rotatable bonds is 8. The predicted molar refractivity (Wildman–Crippen MR) is 170 cm³/mol. The van der Waals surface area contributed by atoms with Gasteiger partial charge in [0.2, 0.25) is 0 Å². The minimum Gasteiger partial charge on any atom is -0.508 e. The van der Waals surface area contributed by atoms with Crippen molar-refractivity contribution < 1.29 is 24.5 Å². The number of hydrogen-bond acceptors (Lipinski definition) is 4. The van der Waals surface area contributed by atoms with E-state index in [0.717, 1.165) is 22.3 Å². The van der Waals surface area contributed by atoms with Gasteiger partial charge < -0.3 is 20.2 Å². The Morgan fingerprint density at radius 3 is 2.07 bits per heavy atom. The lowest BCUT2D eigenvalue weighted by Gasteiger charge is -2.29. The van der Waals surface area contributed by atoms with Crippen LogP contribution in [0.15, 0.2) is 121 Å². The van der Waals surface area contributed by atoms with Gasteiger partial charge >= 0.3 is 6.03 Å². The molecule has 1 heterocycles. The Balaban J connectivity index is 1.36. The molecule has 1 aliphatic rings. The van der Waals surface area contributed by atoms with Gasteiger partial charge in [0.1, 0.15) is 17.3 Å². The third kappa shape index (κ3) is 5.74. The number of amides is 2. The number of carbonyl (C=O) groups is 1. The van der Waals surface area contributed by atoms with Crippen LogP contribution in [0, 0.1) is 5.82 Å². The van der Waals surface area contributed by atoms with Gasteiger partial charge in [0.25, 0.3) is 0 Å². The Morgan fingerprint density at radius 2 is 1.39 bits per heavy atom. The van der Waals surface area contributed by atoms with Crippen LogP contribution in [0.2, 0.25) is 0 Å². The number of phenolic OH excluding ortho intramolecular Hbond substituents is 2. The maximum atomic E-state index is 13.9. The summed E-state index contributed by atoms with van der Waals surface area (Å²) >= 11 is 0. The summed E-state index contributed by atoms with van der Waals surface area (Å²) < 4.78 is 13.5. The molecule has 0 spiro atoms. The fraction of sp³-hybridized carbons (Fsp3) is 0.162. The van der Waals surface area contributed by atoms with Crippen LogP contribution in [0.4, 0.5) is 14.9 Å². The molecule has 44 heavy (non-hydrogen) atoms. The molecule has 3 N–H and O–H groups in total. The molecule has 1 aliphatic heterocycles. The molecule has 5 aromatic carbocycles. The molecule has 3 atom stereocenters. The van der Waals surface area contributed by atoms with E-state index in [4.69, 9.17) is 0 Å².